The maximum atomic E-state index is 12.3. The average Bonchev–Trinajstić information content (AvgIpc) is 2.54. The molecule has 2 unspecified atom stereocenters. The smallest absolute Gasteiger partial charge is 0.311 e. The number of sulfonamides is 1. The molecule has 0 spiro atoms. The summed E-state index contributed by atoms with van der Waals surface area (Å²) in [4.78, 5) is 12.3. The predicted octanol–water partition coefficient (Wildman–Crippen LogP) is 2.66. The largest absolute Gasteiger partial charge is 0.323 e. The molecule has 0 bridgehead atoms. The zero-order chi connectivity index (χ0) is 18.1. The molecule has 0 radical (unpaired) electrons. The van der Waals surface area contributed by atoms with E-state index >= 15 is 0 Å². The van der Waals surface area contributed by atoms with Crippen LogP contribution in [-0.4, -0.2) is 14.4 Å². The van der Waals surface area contributed by atoms with Gasteiger partial charge in [-0.2, -0.15) is 0 Å². The fourth-order valence-electron chi connectivity index (χ4n) is 2.95. The molecule has 0 saturated heterocycles. The van der Waals surface area contributed by atoms with Crippen molar-refractivity contribution in [3.63, 3.8) is 0 Å². The second kappa shape index (κ2) is 6.34. The van der Waals surface area contributed by atoms with E-state index in [9.17, 15) is 13.2 Å². The van der Waals surface area contributed by atoms with Crippen molar-refractivity contribution in [3.8, 4) is 0 Å². The maximum Gasteiger partial charge on any atom is 0.323 e. The van der Waals surface area contributed by atoms with Crippen LogP contribution in [0.4, 0.5) is 10.5 Å². The highest BCUT2D eigenvalue weighted by atomic mass is 32.2. The monoisotopic (exact) mass is 357 g/mol. The summed E-state index contributed by atoms with van der Waals surface area (Å²) < 4.78 is 22.5. The molecule has 1 aromatic carbocycles. The third-order valence-corrected chi connectivity index (χ3v) is 5.23. The Labute approximate surface area is 146 Å². The van der Waals surface area contributed by atoms with Crippen LogP contribution in [0.3, 0.4) is 0 Å². The summed E-state index contributed by atoms with van der Waals surface area (Å²) in [7, 11) is -3.75. The molecule has 2 aliphatic rings. The number of benzene rings is 1. The zero-order valence-corrected chi connectivity index (χ0v) is 14.5. The average molecular weight is 357 g/mol. The quantitative estimate of drug-likeness (QED) is 0.775. The molecule has 7 heteroatoms. The number of hydrogen-bond acceptors (Lipinski definition) is 3. The van der Waals surface area contributed by atoms with Gasteiger partial charge >= 0.3 is 6.03 Å². The lowest BCUT2D eigenvalue weighted by Gasteiger charge is -2.36. The van der Waals surface area contributed by atoms with Crippen LogP contribution in [0.1, 0.15) is 6.92 Å². The van der Waals surface area contributed by atoms with Crippen LogP contribution in [0.15, 0.2) is 77.4 Å². The van der Waals surface area contributed by atoms with Gasteiger partial charge in [-0.05, 0) is 30.3 Å². The summed E-state index contributed by atoms with van der Waals surface area (Å²) in [5.41, 5.74) is 1.10. The van der Waals surface area contributed by atoms with Crippen LogP contribution in [-0.2, 0) is 10.0 Å². The molecule has 4 N–H and O–H groups in total. The van der Waals surface area contributed by atoms with Gasteiger partial charge in [-0.15, -0.1) is 0 Å². The third kappa shape index (κ3) is 3.72. The molecule has 0 aromatic heterocycles. The summed E-state index contributed by atoms with van der Waals surface area (Å²) >= 11 is 0. The van der Waals surface area contributed by atoms with Gasteiger partial charge < -0.3 is 10.6 Å². The minimum Gasteiger partial charge on any atom is -0.311 e. The number of primary sulfonamides is 1. The summed E-state index contributed by atoms with van der Waals surface area (Å²) in [6.45, 7) is 2.10. The predicted molar refractivity (Wildman–Crippen MR) is 97.1 cm³/mol. The first kappa shape index (κ1) is 17.2. The van der Waals surface area contributed by atoms with Gasteiger partial charge in [0.05, 0.1) is 4.90 Å². The van der Waals surface area contributed by atoms with E-state index in [1.165, 1.54) is 24.3 Å². The molecule has 0 saturated carbocycles. The Morgan fingerprint density at radius 1 is 1.08 bits per heavy atom. The summed E-state index contributed by atoms with van der Waals surface area (Å²) in [5.74, 6) is 0.0537. The van der Waals surface area contributed by atoms with Gasteiger partial charge in [0.15, 0.2) is 0 Å². The number of carbonyl (C=O) groups excluding carboxylic acids is 1. The van der Waals surface area contributed by atoms with Gasteiger partial charge in [-0.3, -0.25) is 0 Å². The van der Waals surface area contributed by atoms with E-state index in [0.29, 0.717) is 5.69 Å². The third-order valence-electron chi connectivity index (χ3n) is 4.30. The minimum atomic E-state index is -3.75. The van der Waals surface area contributed by atoms with Gasteiger partial charge in [0.25, 0.3) is 0 Å². The molecule has 0 aliphatic heterocycles. The highest BCUT2D eigenvalue weighted by molar-refractivity contribution is 7.89. The number of carbonyl (C=O) groups is 1. The lowest BCUT2D eigenvalue weighted by Crippen LogP contribution is -2.37. The Morgan fingerprint density at radius 3 is 2.44 bits per heavy atom. The summed E-state index contributed by atoms with van der Waals surface area (Å²) in [5, 5.41) is 10.6. The molecule has 0 fully saturated rings. The Bertz CT molecular complexity index is 911. The van der Waals surface area contributed by atoms with Crippen molar-refractivity contribution >= 4 is 21.7 Å². The normalized spacial score (nSPS) is 24.4. The van der Waals surface area contributed by atoms with Gasteiger partial charge in [0.1, 0.15) is 0 Å². The number of anilines is 1. The van der Waals surface area contributed by atoms with Crippen molar-refractivity contribution < 1.29 is 13.2 Å². The van der Waals surface area contributed by atoms with Gasteiger partial charge in [0, 0.05) is 22.7 Å². The Kier molecular flexibility index (Phi) is 4.36. The highest BCUT2D eigenvalue weighted by Gasteiger charge is 2.34. The standard InChI is InChI=1S/C18H19N3O3S/c1-18-11-3-2-5-15(18)16(6-4-12-18)21-17(22)20-13-7-9-14(10-8-13)25(19,23)24/h2-12,15H,1H3,(H2,19,23,24)(H2,20,21,22). The first-order valence-corrected chi connectivity index (χ1v) is 9.29. The van der Waals surface area contributed by atoms with E-state index in [1.807, 2.05) is 24.3 Å². The summed E-state index contributed by atoms with van der Waals surface area (Å²) in [6.07, 6.45) is 14.0. The molecule has 130 valence electrons. The van der Waals surface area contributed by atoms with Crippen LogP contribution in [0.2, 0.25) is 0 Å². The second-order valence-corrected chi connectivity index (χ2v) is 7.78. The summed E-state index contributed by atoms with van der Waals surface area (Å²) in [6, 6.07) is 5.28. The van der Waals surface area contributed by atoms with E-state index in [0.717, 1.165) is 5.70 Å². The fraction of sp³-hybridized carbons (Fsp3) is 0.167. The van der Waals surface area contributed by atoms with E-state index in [2.05, 4.69) is 35.8 Å². The van der Waals surface area contributed by atoms with Gasteiger partial charge in [-0.1, -0.05) is 43.4 Å². The maximum absolute atomic E-state index is 12.3. The van der Waals surface area contributed by atoms with Crippen LogP contribution < -0.4 is 15.8 Å². The zero-order valence-electron chi connectivity index (χ0n) is 13.6. The first-order chi connectivity index (χ1) is 11.8. The number of nitrogens with one attached hydrogen (secondary N) is 2. The number of allylic oxidation sites excluding steroid dienone is 7. The van der Waals surface area contributed by atoms with E-state index < -0.39 is 16.1 Å². The van der Waals surface area contributed by atoms with Gasteiger partial charge in [-0.25, -0.2) is 18.4 Å². The number of fused-ring (bicyclic) bond motifs is 1. The van der Waals surface area contributed by atoms with Gasteiger partial charge in [0.2, 0.25) is 10.0 Å². The van der Waals surface area contributed by atoms with Crippen molar-refractivity contribution in [1.29, 1.82) is 0 Å². The molecule has 25 heavy (non-hydrogen) atoms. The van der Waals surface area contributed by atoms with E-state index in [-0.39, 0.29) is 16.2 Å². The molecule has 2 aliphatic carbocycles. The van der Waals surface area contributed by atoms with Crippen molar-refractivity contribution in [2.24, 2.45) is 16.5 Å². The molecular formula is C18H19N3O3S. The molecule has 0 heterocycles. The molecule has 2 amide bonds. The minimum absolute atomic E-state index is 0.00604. The van der Waals surface area contributed by atoms with E-state index in [1.54, 1.807) is 0 Å². The van der Waals surface area contributed by atoms with Crippen LogP contribution in [0.5, 0.6) is 0 Å². The fourth-order valence-corrected chi connectivity index (χ4v) is 3.47. The number of urea groups is 1. The first-order valence-electron chi connectivity index (χ1n) is 7.74. The Balaban J connectivity index is 1.69. The molecule has 6 nitrogen and oxygen atoms in total. The molecule has 3 rings (SSSR count). The number of nitrogens with two attached hydrogens (primary N) is 1. The van der Waals surface area contributed by atoms with Crippen molar-refractivity contribution in [2.75, 3.05) is 5.32 Å². The topological polar surface area (TPSA) is 101 Å². The molecular weight excluding hydrogens is 338 g/mol. The van der Waals surface area contributed by atoms with Crippen LogP contribution >= 0.6 is 0 Å². The lowest BCUT2D eigenvalue weighted by atomic mass is 9.70. The second-order valence-electron chi connectivity index (χ2n) is 6.22. The van der Waals surface area contributed by atoms with Crippen LogP contribution in [0.25, 0.3) is 0 Å². The van der Waals surface area contributed by atoms with Crippen molar-refractivity contribution in [3.05, 3.63) is 72.5 Å². The SMILES string of the molecule is CC12C=CC=CC1C(NC(=O)Nc1ccc(S(N)(=O)=O)cc1)=CC=C2. The van der Waals surface area contributed by atoms with Crippen LogP contribution in [0, 0.1) is 11.3 Å². The highest BCUT2D eigenvalue weighted by Crippen LogP contribution is 2.40. The van der Waals surface area contributed by atoms with Crippen molar-refractivity contribution in [1.82, 2.24) is 5.32 Å². The van der Waals surface area contributed by atoms with Crippen molar-refractivity contribution in [2.45, 2.75) is 11.8 Å². The number of hydrogen-bond donors (Lipinski definition) is 3. The molecule has 2 atom stereocenters. The Hall–Kier alpha value is -2.64. The Morgan fingerprint density at radius 2 is 1.76 bits per heavy atom. The number of rotatable bonds is 3. The molecule has 1 aromatic rings. The lowest BCUT2D eigenvalue weighted by molar-refractivity contribution is 0.252. The van der Waals surface area contributed by atoms with E-state index in [4.69, 9.17) is 5.14 Å². The number of amides is 2.